The third-order valence-corrected chi connectivity index (χ3v) is 2.62. The van der Waals surface area contributed by atoms with Crippen LogP contribution in [0.5, 0.6) is 5.88 Å². The van der Waals surface area contributed by atoms with Crippen molar-refractivity contribution in [2.75, 3.05) is 11.9 Å². The SMILES string of the molecule is CCCNc1cccc(OC2CCC2)n1. The maximum Gasteiger partial charge on any atom is 0.215 e. The molecule has 0 aliphatic heterocycles. The van der Waals surface area contributed by atoms with Crippen LogP contribution in [0.25, 0.3) is 0 Å². The number of aromatic nitrogens is 1. The molecule has 1 N–H and O–H groups in total. The molecule has 3 nitrogen and oxygen atoms in total. The first-order valence-corrected chi connectivity index (χ1v) is 5.76. The molecule has 15 heavy (non-hydrogen) atoms. The molecule has 0 amide bonds. The van der Waals surface area contributed by atoms with E-state index < -0.39 is 0 Å². The second kappa shape index (κ2) is 5.01. The lowest BCUT2D eigenvalue weighted by molar-refractivity contribution is 0.115. The van der Waals surface area contributed by atoms with E-state index in [1.54, 1.807) is 0 Å². The molecule has 0 spiro atoms. The largest absolute Gasteiger partial charge is 0.474 e. The van der Waals surface area contributed by atoms with Gasteiger partial charge in [0, 0.05) is 12.6 Å². The van der Waals surface area contributed by atoms with Gasteiger partial charge in [-0.15, -0.1) is 0 Å². The van der Waals surface area contributed by atoms with Crippen LogP contribution in [0.3, 0.4) is 0 Å². The lowest BCUT2D eigenvalue weighted by Gasteiger charge is -2.25. The van der Waals surface area contributed by atoms with Crippen LogP contribution in [-0.2, 0) is 0 Å². The van der Waals surface area contributed by atoms with E-state index in [1.165, 1.54) is 19.3 Å². The van der Waals surface area contributed by atoms with Gasteiger partial charge in [0.05, 0.1) is 0 Å². The smallest absolute Gasteiger partial charge is 0.215 e. The number of hydrogen-bond donors (Lipinski definition) is 1. The molecular weight excluding hydrogens is 188 g/mol. The molecule has 2 rings (SSSR count). The van der Waals surface area contributed by atoms with Crippen LogP contribution in [0.2, 0.25) is 0 Å². The van der Waals surface area contributed by atoms with Gasteiger partial charge in [-0.2, -0.15) is 4.98 Å². The number of rotatable bonds is 5. The van der Waals surface area contributed by atoms with Crippen molar-refractivity contribution >= 4 is 5.82 Å². The molecule has 82 valence electrons. The van der Waals surface area contributed by atoms with Crippen molar-refractivity contribution in [1.29, 1.82) is 0 Å². The summed E-state index contributed by atoms with van der Waals surface area (Å²) in [4.78, 5) is 4.40. The topological polar surface area (TPSA) is 34.1 Å². The fourth-order valence-electron chi connectivity index (χ4n) is 1.49. The van der Waals surface area contributed by atoms with Gasteiger partial charge in [-0.05, 0) is 31.7 Å². The normalized spacial score (nSPS) is 15.8. The molecule has 0 unspecified atom stereocenters. The summed E-state index contributed by atoms with van der Waals surface area (Å²) in [5.74, 6) is 1.66. The predicted octanol–water partition coefficient (Wildman–Crippen LogP) is 2.83. The third-order valence-electron chi connectivity index (χ3n) is 2.62. The van der Waals surface area contributed by atoms with E-state index >= 15 is 0 Å². The molecule has 0 aromatic carbocycles. The molecule has 0 bridgehead atoms. The summed E-state index contributed by atoms with van der Waals surface area (Å²) in [6.07, 6.45) is 5.15. The molecule has 3 heteroatoms. The average molecular weight is 206 g/mol. The molecular formula is C12H18N2O. The maximum absolute atomic E-state index is 5.72. The molecule has 1 aliphatic rings. The van der Waals surface area contributed by atoms with Gasteiger partial charge in [0.15, 0.2) is 0 Å². The minimum atomic E-state index is 0.402. The molecule has 1 aromatic heterocycles. The Morgan fingerprint density at radius 2 is 2.33 bits per heavy atom. The Balaban J connectivity index is 1.92. The van der Waals surface area contributed by atoms with Crippen molar-refractivity contribution in [1.82, 2.24) is 4.98 Å². The molecule has 1 heterocycles. The van der Waals surface area contributed by atoms with Crippen LogP contribution in [-0.4, -0.2) is 17.6 Å². The highest BCUT2D eigenvalue weighted by molar-refractivity contribution is 5.36. The number of anilines is 1. The first kappa shape index (κ1) is 10.3. The quantitative estimate of drug-likeness (QED) is 0.804. The van der Waals surface area contributed by atoms with Gasteiger partial charge in [0.1, 0.15) is 11.9 Å². The van der Waals surface area contributed by atoms with Gasteiger partial charge < -0.3 is 10.1 Å². The zero-order valence-electron chi connectivity index (χ0n) is 9.20. The lowest BCUT2D eigenvalue weighted by Crippen LogP contribution is -2.25. The van der Waals surface area contributed by atoms with E-state index in [2.05, 4.69) is 17.2 Å². The van der Waals surface area contributed by atoms with E-state index in [9.17, 15) is 0 Å². The number of nitrogens with zero attached hydrogens (tertiary/aromatic N) is 1. The molecule has 1 aliphatic carbocycles. The predicted molar refractivity (Wildman–Crippen MR) is 61.3 cm³/mol. The summed E-state index contributed by atoms with van der Waals surface area (Å²) in [6.45, 7) is 3.10. The van der Waals surface area contributed by atoms with Gasteiger partial charge >= 0.3 is 0 Å². The summed E-state index contributed by atoms with van der Waals surface area (Å²) >= 11 is 0. The molecule has 1 aromatic rings. The van der Waals surface area contributed by atoms with E-state index in [-0.39, 0.29) is 0 Å². The van der Waals surface area contributed by atoms with Crippen LogP contribution >= 0.6 is 0 Å². The van der Waals surface area contributed by atoms with Crippen LogP contribution in [0.4, 0.5) is 5.82 Å². The zero-order valence-corrected chi connectivity index (χ0v) is 9.20. The average Bonchev–Trinajstić information content (AvgIpc) is 2.21. The van der Waals surface area contributed by atoms with Crippen LogP contribution in [0.15, 0.2) is 18.2 Å². The van der Waals surface area contributed by atoms with E-state index in [4.69, 9.17) is 4.74 Å². The minimum Gasteiger partial charge on any atom is -0.474 e. The molecule has 0 radical (unpaired) electrons. The van der Waals surface area contributed by atoms with Gasteiger partial charge in [0.2, 0.25) is 5.88 Å². The Morgan fingerprint density at radius 1 is 1.47 bits per heavy atom. The van der Waals surface area contributed by atoms with E-state index in [0.29, 0.717) is 6.10 Å². The first-order chi connectivity index (χ1) is 7.38. The number of ether oxygens (including phenoxy) is 1. The van der Waals surface area contributed by atoms with Crippen LogP contribution in [0.1, 0.15) is 32.6 Å². The van der Waals surface area contributed by atoms with Gasteiger partial charge in [-0.25, -0.2) is 0 Å². The summed E-state index contributed by atoms with van der Waals surface area (Å²) in [7, 11) is 0. The van der Waals surface area contributed by atoms with Crippen LogP contribution < -0.4 is 10.1 Å². The highest BCUT2D eigenvalue weighted by Crippen LogP contribution is 2.24. The molecule has 1 fully saturated rings. The zero-order chi connectivity index (χ0) is 10.5. The molecule has 0 atom stereocenters. The lowest BCUT2D eigenvalue weighted by atomic mass is 9.96. The monoisotopic (exact) mass is 206 g/mol. The molecule has 1 saturated carbocycles. The third kappa shape index (κ3) is 2.85. The highest BCUT2D eigenvalue weighted by Gasteiger charge is 2.19. The highest BCUT2D eigenvalue weighted by atomic mass is 16.5. The van der Waals surface area contributed by atoms with Crippen molar-refractivity contribution in [3.8, 4) is 5.88 Å². The van der Waals surface area contributed by atoms with Crippen molar-refractivity contribution in [2.45, 2.75) is 38.7 Å². The number of nitrogens with one attached hydrogen (secondary N) is 1. The van der Waals surface area contributed by atoms with Gasteiger partial charge in [-0.3, -0.25) is 0 Å². The Bertz CT molecular complexity index is 310. The Morgan fingerprint density at radius 3 is 3.00 bits per heavy atom. The van der Waals surface area contributed by atoms with E-state index in [0.717, 1.165) is 24.7 Å². The van der Waals surface area contributed by atoms with Gasteiger partial charge in [0.25, 0.3) is 0 Å². The summed E-state index contributed by atoms with van der Waals surface area (Å²) in [6, 6.07) is 5.89. The van der Waals surface area contributed by atoms with Crippen molar-refractivity contribution < 1.29 is 4.74 Å². The van der Waals surface area contributed by atoms with Gasteiger partial charge in [-0.1, -0.05) is 13.0 Å². The number of pyridine rings is 1. The summed E-state index contributed by atoms with van der Waals surface area (Å²) in [5.41, 5.74) is 0. The maximum atomic E-state index is 5.72. The molecule has 0 saturated heterocycles. The fraction of sp³-hybridized carbons (Fsp3) is 0.583. The Kier molecular flexibility index (Phi) is 3.43. The standard InChI is InChI=1S/C12H18N2O/c1-2-9-13-11-7-4-8-12(14-11)15-10-5-3-6-10/h4,7-8,10H,2-3,5-6,9H2,1H3,(H,13,14). The Hall–Kier alpha value is -1.25. The van der Waals surface area contributed by atoms with E-state index in [1.807, 2.05) is 18.2 Å². The second-order valence-corrected chi connectivity index (χ2v) is 3.96. The summed E-state index contributed by atoms with van der Waals surface area (Å²) < 4.78 is 5.72. The minimum absolute atomic E-state index is 0.402. The first-order valence-electron chi connectivity index (χ1n) is 5.76. The fourth-order valence-corrected chi connectivity index (χ4v) is 1.49. The van der Waals surface area contributed by atoms with Crippen molar-refractivity contribution in [2.24, 2.45) is 0 Å². The van der Waals surface area contributed by atoms with Crippen LogP contribution in [0, 0.1) is 0 Å². The van der Waals surface area contributed by atoms with Crippen molar-refractivity contribution in [3.05, 3.63) is 18.2 Å². The number of hydrogen-bond acceptors (Lipinski definition) is 3. The Labute approximate surface area is 90.9 Å². The van der Waals surface area contributed by atoms with Crippen molar-refractivity contribution in [3.63, 3.8) is 0 Å². The second-order valence-electron chi connectivity index (χ2n) is 3.96. The summed E-state index contributed by atoms with van der Waals surface area (Å²) in [5, 5.41) is 3.25.